The number of nitrogens with zero attached hydrogens (tertiary/aromatic N) is 4. The summed E-state index contributed by atoms with van der Waals surface area (Å²) < 4.78 is 7.64. The molecule has 1 saturated heterocycles. The molecular formula is C14H25N5O. The summed E-state index contributed by atoms with van der Waals surface area (Å²) in [5.74, 6) is 2.27. The van der Waals surface area contributed by atoms with Gasteiger partial charge in [-0.1, -0.05) is 0 Å². The van der Waals surface area contributed by atoms with Gasteiger partial charge in [0.05, 0.1) is 19.8 Å². The third kappa shape index (κ3) is 3.56. The van der Waals surface area contributed by atoms with Crippen molar-refractivity contribution in [3.05, 3.63) is 11.6 Å². The molecule has 112 valence electrons. The van der Waals surface area contributed by atoms with Gasteiger partial charge in [0, 0.05) is 26.1 Å². The van der Waals surface area contributed by atoms with Gasteiger partial charge in [0.15, 0.2) is 0 Å². The fourth-order valence-corrected chi connectivity index (χ4v) is 2.95. The van der Waals surface area contributed by atoms with Crippen molar-refractivity contribution in [1.82, 2.24) is 25.0 Å². The molecule has 0 aromatic carbocycles. The van der Waals surface area contributed by atoms with Gasteiger partial charge >= 0.3 is 0 Å². The maximum atomic E-state index is 5.35. The van der Waals surface area contributed by atoms with Crippen molar-refractivity contribution in [1.29, 1.82) is 0 Å². The zero-order valence-corrected chi connectivity index (χ0v) is 12.2. The standard InChI is InChI=1S/C14H25N5O/c1-2-7-19-13(4-1)16-17-14(19)12-15-5-3-6-18-8-10-20-11-9-18/h15H,1-12H2. The average Bonchev–Trinajstić information content (AvgIpc) is 2.91. The maximum Gasteiger partial charge on any atom is 0.147 e. The molecule has 0 unspecified atom stereocenters. The minimum absolute atomic E-state index is 0.843. The van der Waals surface area contributed by atoms with Crippen LogP contribution in [0.5, 0.6) is 0 Å². The molecule has 0 radical (unpaired) electrons. The highest BCUT2D eigenvalue weighted by atomic mass is 16.5. The fraction of sp³-hybridized carbons (Fsp3) is 0.857. The molecule has 1 N–H and O–H groups in total. The predicted octanol–water partition coefficient (Wildman–Crippen LogP) is 0.426. The van der Waals surface area contributed by atoms with Crippen LogP contribution in [0.15, 0.2) is 0 Å². The predicted molar refractivity (Wildman–Crippen MR) is 76.5 cm³/mol. The Bertz CT molecular complexity index is 414. The maximum absolute atomic E-state index is 5.35. The van der Waals surface area contributed by atoms with Gasteiger partial charge in [-0.05, 0) is 32.4 Å². The molecule has 0 aliphatic carbocycles. The molecule has 0 amide bonds. The first-order valence-electron chi connectivity index (χ1n) is 7.85. The highest BCUT2D eigenvalue weighted by molar-refractivity contribution is 4.98. The first-order chi connectivity index (χ1) is 9.93. The van der Waals surface area contributed by atoms with Crippen LogP contribution in [0.4, 0.5) is 0 Å². The van der Waals surface area contributed by atoms with Crippen molar-refractivity contribution in [3.8, 4) is 0 Å². The van der Waals surface area contributed by atoms with Crippen molar-refractivity contribution >= 4 is 0 Å². The number of morpholine rings is 1. The van der Waals surface area contributed by atoms with Gasteiger partial charge in [-0.25, -0.2) is 0 Å². The van der Waals surface area contributed by atoms with Crippen LogP contribution in [-0.2, 0) is 24.2 Å². The molecule has 0 spiro atoms. The number of fused-ring (bicyclic) bond motifs is 1. The second kappa shape index (κ2) is 7.15. The van der Waals surface area contributed by atoms with Gasteiger partial charge in [0.1, 0.15) is 11.6 Å². The Hall–Kier alpha value is -0.980. The molecule has 1 aromatic heterocycles. The Morgan fingerprint density at radius 2 is 2.00 bits per heavy atom. The van der Waals surface area contributed by atoms with Crippen LogP contribution in [0.25, 0.3) is 0 Å². The third-order valence-corrected chi connectivity index (χ3v) is 4.15. The van der Waals surface area contributed by atoms with E-state index in [1.54, 1.807) is 0 Å². The molecule has 3 heterocycles. The van der Waals surface area contributed by atoms with Crippen molar-refractivity contribution in [3.63, 3.8) is 0 Å². The first-order valence-corrected chi connectivity index (χ1v) is 7.85. The summed E-state index contributed by atoms with van der Waals surface area (Å²) >= 11 is 0. The molecule has 20 heavy (non-hydrogen) atoms. The van der Waals surface area contributed by atoms with E-state index in [9.17, 15) is 0 Å². The van der Waals surface area contributed by atoms with Gasteiger partial charge in [0.25, 0.3) is 0 Å². The summed E-state index contributed by atoms with van der Waals surface area (Å²) in [4.78, 5) is 2.48. The van der Waals surface area contributed by atoms with E-state index in [1.165, 1.54) is 25.1 Å². The number of ether oxygens (including phenoxy) is 1. The minimum atomic E-state index is 0.843. The van der Waals surface area contributed by atoms with Crippen LogP contribution in [0, 0.1) is 0 Å². The van der Waals surface area contributed by atoms with Crippen LogP contribution in [-0.4, -0.2) is 59.1 Å². The van der Waals surface area contributed by atoms with Crippen molar-refractivity contribution < 1.29 is 4.74 Å². The number of rotatable bonds is 6. The number of nitrogens with one attached hydrogen (secondary N) is 1. The summed E-state index contributed by atoms with van der Waals surface area (Å²) in [6, 6.07) is 0. The lowest BCUT2D eigenvalue weighted by Crippen LogP contribution is -2.37. The van der Waals surface area contributed by atoms with Gasteiger partial charge in [-0.15, -0.1) is 10.2 Å². The minimum Gasteiger partial charge on any atom is -0.379 e. The summed E-state index contributed by atoms with van der Waals surface area (Å²) in [6.45, 7) is 8.07. The zero-order valence-electron chi connectivity index (χ0n) is 12.2. The van der Waals surface area contributed by atoms with Crippen LogP contribution in [0.3, 0.4) is 0 Å². The number of aryl methyl sites for hydroxylation is 1. The highest BCUT2D eigenvalue weighted by Gasteiger charge is 2.15. The molecule has 2 aliphatic rings. The second-order valence-electron chi connectivity index (χ2n) is 5.63. The molecule has 1 fully saturated rings. The monoisotopic (exact) mass is 279 g/mol. The van der Waals surface area contributed by atoms with Gasteiger partial charge in [-0.2, -0.15) is 0 Å². The summed E-state index contributed by atoms with van der Waals surface area (Å²) in [7, 11) is 0. The average molecular weight is 279 g/mol. The van der Waals surface area contributed by atoms with Gasteiger partial charge in [-0.3, -0.25) is 4.90 Å². The lowest BCUT2D eigenvalue weighted by atomic mass is 10.2. The Morgan fingerprint density at radius 3 is 2.90 bits per heavy atom. The molecule has 1 aromatic rings. The number of aromatic nitrogens is 3. The van der Waals surface area contributed by atoms with Gasteiger partial charge < -0.3 is 14.6 Å². The largest absolute Gasteiger partial charge is 0.379 e. The van der Waals surface area contributed by atoms with Crippen LogP contribution < -0.4 is 5.32 Å². The van der Waals surface area contributed by atoms with E-state index in [0.717, 1.165) is 64.7 Å². The van der Waals surface area contributed by atoms with Crippen molar-refractivity contribution in [2.45, 2.75) is 38.8 Å². The van der Waals surface area contributed by atoms with E-state index < -0.39 is 0 Å². The summed E-state index contributed by atoms with van der Waals surface area (Å²) in [6.07, 6.45) is 4.78. The normalized spacial score (nSPS) is 20.0. The Morgan fingerprint density at radius 1 is 1.10 bits per heavy atom. The Balaban J connectivity index is 1.34. The van der Waals surface area contributed by atoms with E-state index in [-0.39, 0.29) is 0 Å². The smallest absolute Gasteiger partial charge is 0.147 e. The molecule has 0 bridgehead atoms. The van der Waals surface area contributed by atoms with E-state index in [4.69, 9.17) is 4.74 Å². The van der Waals surface area contributed by atoms with Crippen LogP contribution in [0.1, 0.15) is 30.9 Å². The molecule has 6 nitrogen and oxygen atoms in total. The topological polar surface area (TPSA) is 55.2 Å². The van der Waals surface area contributed by atoms with E-state index in [0.29, 0.717) is 0 Å². The van der Waals surface area contributed by atoms with Crippen molar-refractivity contribution in [2.75, 3.05) is 39.4 Å². The summed E-state index contributed by atoms with van der Waals surface area (Å²) in [5.41, 5.74) is 0. The highest BCUT2D eigenvalue weighted by Crippen LogP contribution is 2.13. The van der Waals surface area contributed by atoms with Crippen molar-refractivity contribution in [2.24, 2.45) is 0 Å². The Kier molecular flexibility index (Phi) is 5.00. The molecule has 2 aliphatic heterocycles. The molecule has 3 rings (SSSR count). The first kappa shape index (κ1) is 14.0. The third-order valence-electron chi connectivity index (χ3n) is 4.15. The number of hydrogen-bond donors (Lipinski definition) is 1. The second-order valence-corrected chi connectivity index (χ2v) is 5.63. The molecular weight excluding hydrogens is 254 g/mol. The SMILES string of the molecule is C1CCn2c(nnc2CNCCCN2CCOCC2)C1. The van der Waals surface area contributed by atoms with Crippen LogP contribution in [0.2, 0.25) is 0 Å². The Labute approximate surface area is 120 Å². The van der Waals surface area contributed by atoms with Gasteiger partial charge in [0.2, 0.25) is 0 Å². The summed E-state index contributed by atoms with van der Waals surface area (Å²) in [5, 5.41) is 12.1. The fourth-order valence-electron chi connectivity index (χ4n) is 2.95. The quantitative estimate of drug-likeness (QED) is 0.765. The lowest BCUT2D eigenvalue weighted by molar-refractivity contribution is 0.0374. The van der Waals surface area contributed by atoms with E-state index in [2.05, 4.69) is 25.0 Å². The van der Waals surface area contributed by atoms with E-state index in [1.807, 2.05) is 0 Å². The number of hydrogen-bond acceptors (Lipinski definition) is 5. The molecule has 0 saturated carbocycles. The lowest BCUT2D eigenvalue weighted by Gasteiger charge is -2.26. The molecule has 0 atom stereocenters. The van der Waals surface area contributed by atoms with Crippen LogP contribution >= 0.6 is 0 Å². The zero-order chi connectivity index (χ0) is 13.6. The molecule has 6 heteroatoms. The van der Waals surface area contributed by atoms with E-state index >= 15 is 0 Å².